The van der Waals surface area contributed by atoms with Crippen LogP contribution in [-0.2, 0) is 25.8 Å². The normalized spacial score (nSPS) is 39.8. The Kier molecular flexibility index (Phi) is 10.7. The highest BCUT2D eigenvalue weighted by Gasteiger charge is 2.51. The van der Waals surface area contributed by atoms with Crippen molar-refractivity contribution >= 4 is 35.8 Å². The molecule has 4 aliphatic carbocycles. The third-order valence-electron chi connectivity index (χ3n) is 12.8. The van der Waals surface area contributed by atoms with Gasteiger partial charge >= 0.3 is 0 Å². The zero-order chi connectivity index (χ0) is 32.2. The van der Waals surface area contributed by atoms with Crippen LogP contribution in [0.3, 0.4) is 0 Å². The third-order valence-corrected chi connectivity index (χ3v) is 26.8. The van der Waals surface area contributed by atoms with Gasteiger partial charge in [0.25, 0.3) is 0 Å². The highest BCUT2D eigenvalue weighted by Crippen LogP contribution is 2.65. The molecular weight excluding hydrogens is 645 g/mol. The van der Waals surface area contributed by atoms with Crippen LogP contribution >= 0.6 is 10.9 Å². The van der Waals surface area contributed by atoms with E-state index in [1.165, 1.54) is 127 Å². The summed E-state index contributed by atoms with van der Waals surface area (Å²) in [5, 5.41) is 0.424. The Balaban J connectivity index is 1.07. The van der Waals surface area contributed by atoms with Crippen LogP contribution in [0.25, 0.3) is 0 Å². The van der Waals surface area contributed by atoms with Gasteiger partial charge in [-0.15, -0.1) is 0 Å². The standard InChI is InChI=1S/C36H68O6SSi3/c1-44(2,21-18-27-12-15-31-34(24-27)37-31)40-43(30-10-8-7-9-11-30,41-45(3,4)22-19-28-13-16-32-35(25-28)38-32)42-46(5,6)23-20-29-14-17-33-36(26-29)39-33/h27-36H,7-26H2,1-6H3. The summed E-state index contributed by atoms with van der Waals surface area (Å²) in [6.07, 6.45) is 25.2. The van der Waals surface area contributed by atoms with Crippen molar-refractivity contribution in [1.29, 1.82) is 0 Å². The number of fused-ring (bicyclic) bond motifs is 3. The van der Waals surface area contributed by atoms with Gasteiger partial charge in [0.1, 0.15) is 0 Å². The number of epoxide rings is 3. The van der Waals surface area contributed by atoms with Crippen molar-refractivity contribution in [3.8, 4) is 0 Å². The second kappa shape index (κ2) is 14.1. The van der Waals surface area contributed by atoms with Gasteiger partial charge in [0, 0.05) is 0 Å². The van der Waals surface area contributed by atoms with Crippen LogP contribution in [0.15, 0.2) is 0 Å². The molecule has 3 saturated heterocycles. The van der Waals surface area contributed by atoms with Crippen molar-refractivity contribution in [2.45, 2.75) is 208 Å². The van der Waals surface area contributed by atoms with Crippen LogP contribution in [0.2, 0.25) is 57.4 Å². The molecule has 6 nitrogen and oxygen atoms in total. The van der Waals surface area contributed by atoms with Gasteiger partial charge in [-0.25, -0.2) is 0 Å². The molecule has 0 N–H and O–H groups in total. The first kappa shape index (κ1) is 35.2. The highest BCUT2D eigenvalue weighted by atomic mass is 32.3. The summed E-state index contributed by atoms with van der Waals surface area (Å²) in [5.41, 5.74) is 0. The Morgan fingerprint density at radius 3 is 1.13 bits per heavy atom. The molecule has 4 saturated carbocycles. The van der Waals surface area contributed by atoms with Gasteiger partial charge in [0.15, 0.2) is 0 Å². The van der Waals surface area contributed by atoms with Crippen molar-refractivity contribution in [2.24, 2.45) is 17.8 Å². The molecule has 0 aromatic heterocycles. The maximum atomic E-state index is 7.77. The van der Waals surface area contributed by atoms with Crippen LogP contribution in [0.5, 0.6) is 0 Å². The van der Waals surface area contributed by atoms with Crippen LogP contribution in [0, 0.1) is 17.8 Å². The smallest absolute Gasteiger partial charge is 0.208 e. The molecule has 7 fully saturated rings. The average molecular weight is 713 g/mol. The molecule has 46 heavy (non-hydrogen) atoms. The lowest BCUT2D eigenvalue weighted by atomic mass is 9.88. The summed E-state index contributed by atoms with van der Waals surface area (Å²) in [7, 11) is -8.35. The van der Waals surface area contributed by atoms with E-state index in [4.69, 9.17) is 25.8 Å². The Hall–Kier alpha value is 0.761. The van der Waals surface area contributed by atoms with Crippen LogP contribution in [0.1, 0.15) is 109 Å². The van der Waals surface area contributed by atoms with E-state index in [-0.39, 0.29) is 0 Å². The van der Waals surface area contributed by atoms with Crippen molar-refractivity contribution < 1.29 is 25.8 Å². The second-order valence-corrected chi connectivity index (χ2v) is 34.3. The molecule has 0 amide bonds. The summed E-state index contributed by atoms with van der Waals surface area (Å²) < 4.78 is 41.0. The van der Waals surface area contributed by atoms with Gasteiger partial charge in [-0.1, -0.05) is 38.5 Å². The molecule has 7 rings (SSSR count). The Morgan fingerprint density at radius 2 is 0.804 bits per heavy atom. The van der Waals surface area contributed by atoms with Crippen LogP contribution in [0.4, 0.5) is 0 Å². The predicted molar refractivity (Wildman–Crippen MR) is 196 cm³/mol. The maximum absolute atomic E-state index is 7.77. The summed E-state index contributed by atoms with van der Waals surface area (Å²) in [5.74, 6) is 2.40. The molecule has 0 aromatic rings. The van der Waals surface area contributed by atoms with Gasteiger partial charge in [-0.3, -0.25) is 0 Å². The van der Waals surface area contributed by atoms with Crippen molar-refractivity contribution in [3.63, 3.8) is 0 Å². The molecule has 3 aliphatic heterocycles. The lowest BCUT2D eigenvalue weighted by molar-refractivity contribution is 0.330. The van der Waals surface area contributed by atoms with E-state index in [9.17, 15) is 0 Å². The molecule has 10 heteroatoms. The molecule has 3 heterocycles. The summed E-state index contributed by atoms with van der Waals surface area (Å²) in [6, 6.07) is 3.63. The number of hydrogen-bond acceptors (Lipinski definition) is 6. The summed E-state index contributed by atoms with van der Waals surface area (Å²) in [4.78, 5) is 0. The molecule has 0 bridgehead atoms. The molecule has 9 unspecified atom stereocenters. The quantitative estimate of drug-likeness (QED) is 0.117. The minimum absolute atomic E-state index is 0.424. The monoisotopic (exact) mass is 712 g/mol. The van der Waals surface area contributed by atoms with E-state index in [1.807, 2.05) is 0 Å². The molecular formula is C36H68O6SSi3. The first-order chi connectivity index (χ1) is 21.9. The van der Waals surface area contributed by atoms with E-state index >= 15 is 0 Å². The van der Waals surface area contributed by atoms with E-state index in [0.29, 0.717) is 41.9 Å². The van der Waals surface area contributed by atoms with Crippen molar-refractivity contribution in [1.82, 2.24) is 0 Å². The van der Waals surface area contributed by atoms with E-state index < -0.39 is 35.8 Å². The van der Waals surface area contributed by atoms with Gasteiger partial charge < -0.3 is 25.8 Å². The zero-order valence-corrected chi connectivity index (χ0v) is 34.1. The second-order valence-electron chi connectivity index (χ2n) is 18.6. The molecule has 7 aliphatic rings. The minimum atomic E-state index is -2.13. The fourth-order valence-corrected chi connectivity index (χ4v) is 25.3. The maximum Gasteiger partial charge on any atom is 0.208 e. The minimum Gasteiger partial charge on any atom is -0.370 e. The fourth-order valence-electron chi connectivity index (χ4n) is 9.58. The van der Waals surface area contributed by atoms with E-state index in [2.05, 4.69) is 39.3 Å². The van der Waals surface area contributed by atoms with Crippen LogP contribution < -0.4 is 0 Å². The lowest BCUT2D eigenvalue weighted by Crippen LogP contribution is -2.47. The van der Waals surface area contributed by atoms with Crippen molar-refractivity contribution in [3.05, 3.63) is 0 Å². The Labute approximate surface area is 286 Å². The number of hydrogen-bond donors (Lipinski definition) is 0. The fraction of sp³-hybridized carbons (Fsp3) is 1.00. The highest BCUT2D eigenvalue weighted by molar-refractivity contribution is 8.24. The van der Waals surface area contributed by atoms with Gasteiger partial charge in [-0.05, 0) is 146 Å². The largest absolute Gasteiger partial charge is 0.370 e. The topological polar surface area (TPSA) is 65.3 Å². The first-order valence-corrected chi connectivity index (χ1v) is 30.6. The number of ether oxygens (including phenoxy) is 3. The van der Waals surface area contributed by atoms with Gasteiger partial charge in [0.05, 0.1) is 52.7 Å². The molecule has 0 radical (unpaired) electrons. The zero-order valence-electron chi connectivity index (χ0n) is 30.3. The van der Waals surface area contributed by atoms with Gasteiger partial charge in [-0.2, -0.15) is 0 Å². The summed E-state index contributed by atoms with van der Waals surface area (Å²) in [6.45, 7) is 15.0. The predicted octanol–water partition coefficient (Wildman–Crippen LogP) is 10.4. The van der Waals surface area contributed by atoms with E-state index in [0.717, 1.165) is 17.8 Å². The van der Waals surface area contributed by atoms with Gasteiger partial charge in [0.2, 0.25) is 25.0 Å². The Bertz CT molecular complexity index is 927. The average Bonchev–Trinajstić information content (AvgIpc) is 3.89. The van der Waals surface area contributed by atoms with Crippen LogP contribution in [-0.4, -0.2) is 66.8 Å². The molecule has 266 valence electrons. The number of rotatable bonds is 16. The SMILES string of the molecule is C[Si](C)(CCC1CCC2OC2C1)OS(O[Si](C)(C)CCC1CCC2OC2C1)(O[Si](C)(C)CCC1CCC2OC2C1)C1CCCCC1. The summed E-state index contributed by atoms with van der Waals surface area (Å²) >= 11 is 0. The first-order valence-electron chi connectivity index (χ1n) is 19.8. The lowest BCUT2D eigenvalue weighted by Gasteiger charge is -2.55. The Morgan fingerprint density at radius 1 is 0.457 bits per heavy atom. The third kappa shape index (κ3) is 9.35. The molecule has 0 aromatic carbocycles. The molecule has 0 spiro atoms. The molecule has 9 atom stereocenters. The van der Waals surface area contributed by atoms with E-state index in [1.54, 1.807) is 0 Å². The van der Waals surface area contributed by atoms with Crippen molar-refractivity contribution in [2.75, 3.05) is 0 Å².